The Morgan fingerprint density at radius 3 is 3.00 bits per heavy atom. The van der Waals surface area contributed by atoms with Crippen molar-refractivity contribution in [1.82, 2.24) is 5.32 Å². The highest BCUT2D eigenvalue weighted by molar-refractivity contribution is 9.10. The summed E-state index contributed by atoms with van der Waals surface area (Å²) in [6.07, 6.45) is 3.35. The van der Waals surface area contributed by atoms with Gasteiger partial charge in [0.1, 0.15) is 11.5 Å². The molecule has 2 N–H and O–H groups in total. The minimum absolute atomic E-state index is 0.350. The van der Waals surface area contributed by atoms with Gasteiger partial charge in [-0.2, -0.15) is 0 Å². The second kappa shape index (κ2) is 5.74. The van der Waals surface area contributed by atoms with E-state index in [2.05, 4.69) is 21.2 Å². The van der Waals surface area contributed by atoms with Crippen LogP contribution in [0, 0.1) is 5.92 Å². The van der Waals surface area contributed by atoms with Crippen LogP contribution in [0.3, 0.4) is 0 Å². The van der Waals surface area contributed by atoms with Crippen molar-refractivity contribution in [2.75, 3.05) is 20.2 Å². The lowest BCUT2D eigenvalue weighted by atomic mass is 9.92. The van der Waals surface area contributed by atoms with E-state index in [-0.39, 0.29) is 0 Å². The first kappa shape index (κ1) is 12.7. The van der Waals surface area contributed by atoms with E-state index in [4.69, 9.17) is 4.74 Å². The molecule has 0 spiro atoms. The molecule has 94 valence electrons. The first-order valence-corrected chi connectivity index (χ1v) is 6.76. The van der Waals surface area contributed by atoms with Gasteiger partial charge in [-0.25, -0.2) is 0 Å². The maximum Gasteiger partial charge on any atom is 0.133 e. The Hall–Kier alpha value is -0.740. The molecule has 0 radical (unpaired) electrons. The minimum atomic E-state index is 0.350. The van der Waals surface area contributed by atoms with Crippen LogP contribution in [0.25, 0.3) is 0 Å². The molecule has 1 heterocycles. The summed E-state index contributed by atoms with van der Waals surface area (Å²) in [5.74, 6) is 1.74. The van der Waals surface area contributed by atoms with Gasteiger partial charge in [0, 0.05) is 0 Å². The van der Waals surface area contributed by atoms with Gasteiger partial charge in [0.05, 0.1) is 11.6 Å². The summed E-state index contributed by atoms with van der Waals surface area (Å²) in [5, 5.41) is 13.3. The van der Waals surface area contributed by atoms with Gasteiger partial charge in [-0.1, -0.05) is 0 Å². The second-order valence-corrected chi connectivity index (χ2v) is 5.39. The van der Waals surface area contributed by atoms with Gasteiger partial charge >= 0.3 is 0 Å². The maximum atomic E-state index is 9.94. The number of rotatable bonds is 3. The Morgan fingerprint density at radius 2 is 2.35 bits per heavy atom. The second-order valence-electron chi connectivity index (χ2n) is 4.53. The molecule has 1 aliphatic heterocycles. The molecule has 3 nitrogen and oxygen atoms in total. The normalized spacial score (nSPS) is 20.2. The first-order valence-electron chi connectivity index (χ1n) is 5.97. The highest BCUT2D eigenvalue weighted by atomic mass is 79.9. The molecule has 0 bridgehead atoms. The van der Waals surface area contributed by atoms with Gasteiger partial charge in [-0.05, 0) is 71.9 Å². The number of halogens is 1. The summed E-state index contributed by atoms with van der Waals surface area (Å²) >= 11 is 3.37. The van der Waals surface area contributed by atoms with Crippen LogP contribution < -0.4 is 10.1 Å². The fraction of sp³-hybridized carbons (Fsp3) is 0.538. The number of aromatic hydroxyl groups is 1. The number of hydrogen-bond acceptors (Lipinski definition) is 3. The van der Waals surface area contributed by atoms with Gasteiger partial charge in [-0.15, -0.1) is 0 Å². The van der Waals surface area contributed by atoms with Crippen LogP contribution in [-0.4, -0.2) is 25.3 Å². The van der Waals surface area contributed by atoms with E-state index < -0.39 is 0 Å². The van der Waals surface area contributed by atoms with Gasteiger partial charge < -0.3 is 15.2 Å². The van der Waals surface area contributed by atoms with Crippen LogP contribution in [0.2, 0.25) is 0 Å². The van der Waals surface area contributed by atoms with Crippen molar-refractivity contribution in [3.63, 3.8) is 0 Å². The number of piperidine rings is 1. The number of ether oxygens (including phenoxy) is 1. The molecule has 1 saturated heterocycles. The highest BCUT2D eigenvalue weighted by Crippen LogP contribution is 2.33. The van der Waals surface area contributed by atoms with Crippen LogP contribution in [0.5, 0.6) is 11.5 Å². The topological polar surface area (TPSA) is 41.5 Å². The predicted octanol–water partition coefficient (Wildman–Crippen LogP) is 2.71. The zero-order valence-electron chi connectivity index (χ0n) is 10.0. The van der Waals surface area contributed by atoms with Crippen LogP contribution >= 0.6 is 15.9 Å². The van der Waals surface area contributed by atoms with Crippen molar-refractivity contribution in [1.29, 1.82) is 0 Å². The zero-order chi connectivity index (χ0) is 12.3. The SMILES string of the molecule is COc1cc(CC2CCCNC2)c(O)cc1Br. The molecule has 0 aliphatic carbocycles. The number of hydrogen-bond donors (Lipinski definition) is 2. The van der Waals surface area contributed by atoms with Crippen LogP contribution in [-0.2, 0) is 6.42 Å². The van der Waals surface area contributed by atoms with Crippen molar-refractivity contribution in [2.45, 2.75) is 19.3 Å². The largest absolute Gasteiger partial charge is 0.508 e. The third-order valence-electron chi connectivity index (χ3n) is 3.26. The molecule has 0 aromatic heterocycles. The molecule has 1 aliphatic rings. The average Bonchev–Trinajstić information content (AvgIpc) is 2.34. The molecule has 4 heteroatoms. The Bertz CT molecular complexity index is 389. The van der Waals surface area contributed by atoms with Crippen molar-refractivity contribution < 1.29 is 9.84 Å². The minimum Gasteiger partial charge on any atom is -0.508 e. The predicted molar refractivity (Wildman–Crippen MR) is 71.7 cm³/mol. The molecular weight excluding hydrogens is 282 g/mol. The van der Waals surface area contributed by atoms with Crippen molar-refractivity contribution >= 4 is 15.9 Å². The molecule has 2 rings (SSSR count). The van der Waals surface area contributed by atoms with Crippen LogP contribution in [0.1, 0.15) is 18.4 Å². The van der Waals surface area contributed by atoms with E-state index in [1.165, 1.54) is 12.8 Å². The standard InChI is InChI=1S/C13H18BrNO2/c1-17-13-6-10(12(16)7-11(13)14)5-9-3-2-4-15-8-9/h6-7,9,15-16H,2-5,8H2,1H3. The maximum absolute atomic E-state index is 9.94. The quantitative estimate of drug-likeness (QED) is 0.902. The van der Waals surface area contributed by atoms with Crippen LogP contribution in [0.4, 0.5) is 0 Å². The van der Waals surface area contributed by atoms with Gasteiger partial charge in [-0.3, -0.25) is 0 Å². The summed E-state index contributed by atoms with van der Waals surface area (Å²) < 4.78 is 6.05. The van der Waals surface area contributed by atoms with E-state index in [9.17, 15) is 5.11 Å². The smallest absolute Gasteiger partial charge is 0.133 e. The zero-order valence-corrected chi connectivity index (χ0v) is 11.6. The van der Waals surface area contributed by atoms with Gasteiger partial charge in [0.25, 0.3) is 0 Å². The fourth-order valence-electron chi connectivity index (χ4n) is 2.31. The summed E-state index contributed by atoms with van der Waals surface area (Å²) in [5.41, 5.74) is 0.971. The molecule has 0 amide bonds. The Labute approximate surface area is 110 Å². The molecule has 1 aromatic carbocycles. The van der Waals surface area contributed by atoms with E-state index in [1.807, 2.05) is 6.07 Å². The lowest BCUT2D eigenvalue weighted by Crippen LogP contribution is -2.30. The number of nitrogens with one attached hydrogen (secondary N) is 1. The molecule has 0 saturated carbocycles. The number of methoxy groups -OCH3 is 1. The van der Waals surface area contributed by atoms with Crippen molar-refractivity contribution in [3.8, 4) is 11.5 Å². The Kier molecular flexibility index (Phi) is 4.29. The molecule has 1 fully saturated rings. The summed E-state index contributed by atoms with van der Waals surface area (Å²) in [6.45, 7) is 2.16. The molecule has 1 aromatic rings. The summed E-state index contributed by atoms with van der Waals surface area (Å²) in [6, 6.07) is 3.64. The summed E-state index contributed by atoms with van der Waals surface area (Å²) in [7, 11) is 1.64. The Balaban J connectivity index is 2.13. The number of phenols is 1. The fourth-order valence-corrected chi connectivity index (χ4v) is 2.81. The lowest BCUT2D eigenvalue weighted by Gasteiger charge is -2.23. The third-order valence-corrected chi connectivity index (χ3v) is 3.88. The summed E-state index contributed by atoms with van der Waals surface area (Å²) in [4.78, 5) is 0. The molecular formula is C13H18BrNO2. The van der Waals surface area contributed by atoms with Crippen molar-refractivity contribution in [3.05, 3.63) is 22.2 Å². The van der Waals surface area contributed by atoms with Gasteiger partial charge in [0.2, 0.25) is 0 Å². The Morgan fingerprint density at radius 1 is 1.53 bits per heavy atom. The van der Waals surface area contributed by atoms with E-state index in [0.717, 1.165) is 35.3 Å². The van der Waals surface area contributed by atoms with Crippen LogP contribution in [0.15, 0.2) is 16.6 Å². The van der Waals surface area contributed by atoms with E-state index in [1.54, 1.807) is 13.2 Å². The molecule has 1 atom stereocenters. The van der Waals surface area contributed by atoms with Gasteiger partial charge in [0.15, 0.2) is 0 Å². The highest BCUT2D eigenvalue weighted by Gasteiger charge is 2.16. The third kappa shape index (κ3) is 3.13. The average molecular weight is 300 g/mol. The van der Waals surface area contributed by atoms with E-state index in [0.29, 0.717) is 11.7 Å². The van der Waals surface area contributed by atoms with Crippen molar-refractivity contribution in [2.24, 2.45) is 5.92 Å². The first-order chi connectivity index (χ1) is 8.20. The van der Waals surface area contributed by atoms with E-state index >= 15 is 0 Å². The molecule has 1 unspecified atom stereocenters. The molecule has 17 heavy (non-hydrogen) atoms. The lowest BCUT2D eigenvalue weighted by molar-refractivity contribution is 0.367. The number of benzene rings is 1. The monoisotopic (exact) mass is 299 g/mol. The number of phenolic OH excluding ortho intramolecular Hbond substituents is 1.